The number of carbonyl (C=O) groups is 1. The third-order valence-corrected chi connectivity index (χ3v) is 3.88. The van der Waals surface area contributed by atoms with Gasteiger partial charge in [-0.3, -0.25) is 4.79 Å². The molecule has 3 heteroatoms. The summed E-state index contributed by atoms with van der Waals surface area (Å²) in [5.41, 5.74) is 3.10. The highest BCUT2D eigenvalue weighted by molar-refractivity contribution is 6.29. The van der Waals surface area contributed by atoms with Crippen molar-refractivity contribution >= 4 is 23.2 Å². The number of hydrogen-bond donors (Lipinski definition) is 1. The monoisotopic (exact) mass is 343 g/mol. The molecule has 0 saturated heterocycles. The van der Waals surface area contributed by atoms with Gasteiger partial charge in [0.2, 0.25) is 0 Å². The van der Waals surface area contributed by atoms with Crippen molar-refractivity contribution in [2.75, 3.05) is 11.9 Å². The fourth-order valence-corrected chi connectivity index (χ4v) is 2.65. The van der Waals surface area contributed by atoms with Crippen LogP contribution in [0.1, 0.15) is 18.1 Å². The van der Waals surface area contributed by atoms with Crippen LogP contribution in [-0.4, -0.2) is 12.5 Å². The Morgan fingerprint density at radius 1 is 0.885 bits per heavy atom. The van der Waals surface area contributed by atoms with Crippen molar-refractivity contribution in [1.82, 2.24) is 0 Å². The average molecular weight is 343 g/mol. The molecule has 26 heavy (non-hydrogen) atoms. The topological polar surface area (TPSA) is 38.3 Å². The second-order valence-corrected chi connectivity index (χ2v) is 5.72. The fourth-order valence-electron chi connectivity index (χ4n) is 2.65. The number of para-hydroxylation sites is 2. The lowest BCUT2D eigenvalue weighted by Gasteiger charge is -2.13. The highest BCUT2D eigenvalue weighted by Crippen LogP contribution is 2.26. The van der Waals surface area contributed by atoms with E-state index in [0.29, 0.717) is 23.6 Å². The summed E-state index contributed by atoms with van der Waals surface area (Å²) in [5, 5.41) is 2.98. The van der Waals surface area contributed by atoms with E-state index in [1.807, 2.05) is 97.9 Å². The van der Waals surface area contributed by atoms with Gasteiger partial charge in [0.25, 0.3) is 5.91 Å². The van der Waals surface area contributed by atoms with Gasteiger partial charge in [-0.1, -0.05) is 72.8 Å². The van der Waals surface area contributed by atoms with Gasteiger partial charge in [-0.15, -0.1) is 0 Å². The molecule has 3 aromatic rings. The largest absolute Gasteiger partial charge is 0.492 e. The molecule has 0 aliphatic heterocycles. The van der Waals surface area contributed by atoms with Gasteiger partial charge in [-0.2, -0.15) is 0 Å². The van der Waals surface area contributed by atoms with Crippen LogP contribution in [0.3, 0.4) is 0 Å². The highest BCUT2D eigenvalue weighted by atomic mass is 16.5. The summed E-state index contributed by atoms with van der Waals surface area (Å²) in [6.45, 7) is 2.46. The average Bonchev–Trinajstić information content (AvgIpc) is 2.69. The van der Waals surface area contributed by atoms with E-state index < -0.39 is 0 Å². The second-order valence-electron chi connectivity index (χ2n) is 5.72. The summed E-state index contributed by atoms with van der Waals surface area (Å²) in [4.78, 5) is 13.0. The second kappa shape index (κ2) is 8.67. The number of ether oxygens (including phenoxy) is 1. The van der Waals surface area contributed by atoms with Crippen molar-refractivity contribution in [3.63, 3.8) is 0 Å². The van der Waals surface area contributed by atoms with E-state index in [1.165, 1.54) is 0 Å². The zero-order chi connectivity index (χ0) is 18.2. The molecule has 0 fully saturated rings. The molecule has 0 aliphatic carbocycles. The van der Waals surface area contributed by atoms with E-state index in [-0.39, 0.29) is 5.91 Å². The van der Waals surface area contributed by atoms with Gasteiger partial charge in [0, 0.05) is 5.57 Å². The SMILES string of the molecule is CCOc1ccccc1NC(=O)C(=Cc1ccccc1)c1ccccc1. The Morgan fingerprint density at radius 3 is 2.19 bits per heavy atom. The molecule has 0 spiro atoms. The lowest BCUT2D eigenvalue weighted by Crippen LogP contribution is -2.14. The third-order valence-electron chi connectivity index (χ3n) is 3.88. The minimum Gasteiger partial charge on any atom is -0.492 e. The van der Waals surface area contributed by atoms with Crippen molar-refractivity contribution in [2.45, 2.75) is 6.92 Å². The van der Waals surface area contributed by atoms with Gasteiger partial charge < -0.3 is 10.1 Å². The lowest BCUT2D eigenvalue weighted by molar-refractivity contribution is -0.111. The number of anilines is 1. The van der Waals surface area contributed by atoms with Crippen molar-refractivity contribution in [3.05, 3.63) is 96.1 Å². The maximum atomic E-state index is 13.0. The molecule has 0 atom stereocenters. The lowest BCUT2D eigenvalue weighted by atomic mass is 10.0. The summed E-state index contributed by atoms with van der Waals surface area (Å²) in [6.07, 6.45) is 1.90. The van der Waals surface area contributed by atoms with E-state index in [4.69, 9.17) is 4.74 Å². The Labute approximate surface area is 154 Å². The van der Waals surface area contributed by atoms with E-state index >= 15 is 0 Å². The summed E-state index contributed by atoms with van der Waals surface area (Å²) in [5.74, 6) is 0.489. The summed E-state index contributed by atoms with van der Waals surface area (Å²) >= 11 is 0. The number of nitrogens with one attached hydrogen (secondary N) is 1. The first-order valence-corrected chi connectivity index (χ1v) is 8.63. The molecule has 3 nitrogen and oxygen atoms in total. The van der Waals surface area contributed by atoms with Crippen LogP contribution >= 0.6 is 0 Å². The Hall–Kier alpha value is -3.33. The molecule has 1 N–H and O–H groups in total. The maximum Gasteiger partial charge on any atom is 0.256 e. The molecular weight excluding hydrogens is 322 g/mol. The van der Waals surface area contributed by atoms with Crippen molar-refractivity contribution in [3.8, 4) is 5.75 Å². The molecule has 0 bridgehead atoms. The Kier molecular flexibility index (Phi) is 5.84. The van der Waals surface area contributed by atoms with Gasteiger partial charge in [-0.05, 0) is 36.3 Å². The number of carbonyl (C=O) groups excluding carboxylic acids is 1. The molecule has 0 aliphatic rings. The number of benzene rings is 3. The van der Waals surface area contributed by atoms with Crippen molar-refractivity contribution < 1.29 is 9.53 Å². The first-order valence-electron chi connectivity index (χ1n) is 8.63. The fraction of sp³-hybridized carbons (Fsp3) is 0.0870. The van der Waals surface area contributed by atoms with Crippen LogP contribution in [0, 0.1) is 0 Å². The summed E-state index contributed by atoms with van der Waals surface area (Å²) in [6, 6.07) is 26.9. The van der Waals surface area contributed by atoms with Gasteiger partial charge >= 0.3 is 0 Å². The van der Waals surface area contributed by atoms with Gasteiger partial charge in [0.1, 0.15) is 5.75 Å². The van der Waals surface area contributed by atoms with Crippen LogP contribution in [0.4, 0.5) is 5.69 Å². The van der Waals surface area contributed by atoms with Crippen LogP contribution < -0.4 is 10.1 Å². The normalized spacial score (nSPS) is 11.0. The molecule has 1 amide bonds. The van der Waals surface area contributed by atoms with E-state index in [1.54, 1.807) is 0 Å². The zero-order valence-electron chi connectivity index (χ0n) is 14.7. The molecular formula is C23H21NO2. The molecule has 0 radical (unpaired) electrons. The van der Waals surface area contributed by atoms with E-state index in [9.17, 15) is 4.79 Å². The van der Waals surface area contributed by atoms with E-state index in [2.05, 4.69) is 5.32 Å². The molecule has 0 aromatic heterocycles. The van der Waals surface area contributed by atoms with E-state index in [0.717, 1.165) is 11.1 Å². The first-order chi connectivity index (χ1) is 12.8. The predicted molar refractivity (Wildman–Crippen MR) is 107 cm³/mol. The quantitative estimate of drug-likeness (QED) is 0.489. The standard InChI is InChI=1S/C23H21NO2/c1-2-26-22-16-10-9-15-21(22)24-23(25)20(19-13-7-4-8-14-19)17-18-11-5-3-6-12-18/h3-17H,2H2,1H3,(H,24,25). The smallest absolute Gasteiger partial charge is 0.256 e. The predicted octanol–water partition coefficient (Wildman–Crippen LogP) is 5.26. The minimum atomic E-state index is -0.174. The molecule has 0 unspecified atom stereocenters. The van der Waals surface area contributed by atoms with Crippen molar-refractivity contribution in [2.24, 2.45) is 0 Å². The molecule has 3 rings (SSSR count). The van der Waals surface area contributed by atoms with Crippen LogP contribution in [0.25, 0.3) is 11.6 Å². The molecule has 0 heterocycles. The highest BCUT2D eigenvalue weighted by Gasteiger charge is 2.14. The number of hydrogen-bond acceptors (Lipinski definition) is 2. The molecule has 3 aromatic carbocycles. The minimum absolute atomic E-state index is 0.174. The van der Waals surface area contributed by atoms with Gasteiger partial charge in [-0.25, -0.2) is 0 Å². The summed E-state index contributed by atoms with van der Waals surface area (Å²) in [7, 11) is 0. The number of amides is 1. The maximum absolute atomic E-state index is 13.0. The first kappa shape index (κ1) is 17.5. The van der Waals surface area contributed by atoms with Crippen LogP contribution in [0.2, 0.25) is 0 Å². The zero-order valence-corrected chi connectivity index (χ0v) is 14.7. The van der Waals surface area contributed by atoms with Crippen LogP contribution in [0.15, 0.2) is 84.9 Å². The van der Waals surface area contributed by atoms with Crippen LogP contribution in [-0.2, 0) is 4.79 Å². The molecule has 0 saturated carbocycles. The molecule has 130 valence electrons. The third kappa shape index (κ3) is 4.39. The van der Waals surface area contributed by atoms with Gasteiger partial charge in [0.05, 0.1) is 12.3 Å². The number of rotatable bonds is 6. The van der Waals surface area contributed by atoms with Gasteiger partial charge in [0.15, 0.2) is 0 Å². The summed E-state index contributed by atoms with van der Waals surface area (Å²) < 4.78 is 5.61. The van der Waals surface area contributed by atoms with Crippen molar-refractivity contribution in [1.29, 1.82) is 0 Å². The van der Waals surface area contributed by atoms with Crippen LogP contribution in [0.5, 0.6) is 5.75 Å². The Balaban J connectivity index is 1.95. The Bertz CT molecular complexity index is 886. The Morgan fingerprint density at radius 2 is 1.50 bits per heavy atom.